The third-order valence-electron chi connectivity index (χ3n) is 5.60. The molecule has 4 rings (SSSR count). The number of rotatable bonds is 5. The molecule has 136 valence electrons. The average Bonchev–Trinajstić information content (AvgIpc) is 3.14. The number of hydrogen-bond donors (Lipinski definition) is 0. The van der Waals surface area contributed by atoms with Gasteiger partial charge < -0.3 is 0 Å². The second-order valence-electron chi connectivity index (χ2n) is 7.20. The summed E-state index contributed by atoms with van der Waals surface area (Å²) in [6, 6.07) is 33.7. The molecule has 0 radical (unpaired) electrons. The largest absolute Gasteiger partial charge is 0.0837 e. The number of unbranched alkanes of at least 4 members (excludes halogenated alkanes) is 1. The van der Waals surface area contributed by atoms with Crippen molar-refractivity contribution >= 4 is 13.2 Å². The van der Waals surface area contributed by atoms with Crippen molar-refractivity contribution in [1.82, 2.24) is 0 Å². The lowest BCUT2D eigenvalue weighted by atomic mass is 9.82. The SMILES string of the molecule is CCCC=C1CCP(c2ccccc2)C1(c1ccccc1)c1ccccc1. The standard InChI is InChI=1S/C26H27P/c1-2-3-13-24-20-21-27(25-18-11-6-12-19-25)26(24,22-14-7-4-8-15-22)23-16-9-5-10-17-23/h4-19H,2-3,20-21H2,1H3. The molecule has 27 heavy (non-hydrogen) atoms. The van der Waals surface area contributed by atoms with Gasteiger partial charge in [0, 0.05) is 0 Å². The Labute approximate surface area is 164 Å². The summed E-state index contributed by atoms with van der Waals surface area (Å²) in [6.07, 6.45) is 7.37. The minimum absolute atomic E-state index is 0.00558. The number of allylic oxidation sites excluding steroid dienone is 2. The van der Waals surface area contributed by atoms with E-state index in [4.69, 9.17) is 0 Å². The maximum absolute atomic E-state index is 2.55. The highest BCUT2D eigenvalue weighted by Gasteiger charge is 2.49. The van der Waals surface area contributed by atoms with Gasteiger partial charge in [-0.1, -0.05) is 124 Å². The highest BCUT2D eigenvalue weighted by Crippen LogP contribution is 2.68. The van der Waals surface area contributed by atoms with Crippen LogP contribution in [0.3, 0.4) is 0 Å². The Morgan fingerprint density at radius 3 is 1.81 bits per heavy atom. The number of hydrogen-bond acceptors (Lipinski definition) is 0. The highest BCUT2D eigenvalue weighted by molar-refractivity contribution is 7.67. The highest BCUT2D eigenvalue weighted by atomic mass is 31.1. The van der Waals surface area contributed by atoms with Gasteiger partial charge in [-0.3, -0.25) is 0 Å². The van der Waals surface area contributed by atoms with Gasteiger partial charge in [0.25, 0.3) is 0 Å². The summed E-state index contributed by atoms with van der Waals surface area (Å²) in [5.74, 6) is 0. The smallest absolute Gasteiger partial charge is 0.0650 e. The van der Waals surface area contributed by atoms with E-state index < -0.39 is 0 Å². The molecule has 1 aliphatic rings. The quantitative estimate of drug-likeness (QED) is 0.340. The Morgan fingerprint density at radius 2 is 1.30 bits per heavy atom. The van der Waals surface area contributed by atoms with Crippen LogP contribution in [0.4, 0.5) is 0 Å². The van der Waals surface area contributed by atoms with Crippen molar-refractivity contribution < 1.29 is 0 Å². The van der Waals surface area contributed by atoms with Crippen molar-refractivity contribution in [2.75, 3.05) is 6.16 Å². The Kier molecular flexibility index (Phi) is 5.55. The lowest BCUT2D eigenvalue weighted by Gasteiger charge is -2.39. The molecule has 0 spiro atoms. The summed E-state index contributed by atoms with van der Waals surface area (Å²) in [7, 11) is -0.365. The van der Waals surface area contributed by atoms with Crippen LogP contribution in [0.15, 0.2) is 103 Å². The second-order valence-corrected chi connectivity index (χ2v) is 9.69. The molecule has 1 fully saturated rings. The van der Waals surface area contributed by atoms with Crippen LogP contribution in [-0.2, 0) is 5.16 Å². The molecule has 0 nitrogen and oxygen atoms in total. The third kappa shape index (κ3) is 3.28. The zero-order chi connectivity index (χ0) is 18.5. The molecule has 0 N–H and O–H groups in total. The summed E-state index contributed by atoms with van der Waals surface area (Å²) in [4.78, 5) is 0. The van der Waals surface area contributed by atoms with E-state index in [0.29, 0.717) is 0 Å². The van der Waals surface area contributed by atoms with Gasteiger partial charge in [-0.2, -0.15) is 0 Å². The fourth-order valence-electron chi connectivity index (χ4n) is 4.46. The van der Waals surface area contributed by atoms with E-state index in [2.05, 4.69) is 104 Å². The van der Waals surface area contributed by atoms with E-state index in [0.717, 1.165) is 6.42 Å². The monoisotopic (exact) mass is 370 g/mol. The molecule has 1 saturated heterocycles. The van der Waals surface area contributed by atoms with Crippen LogP contribution in [0.5, 0.6) is 0 Å². The molecule has 1 unspecified atom stereocenters. The van der Waals surface area contributed by atoms with Crippen LogP contribution in [-0.4, -0.2) is 6.16 Å². The predicted octanol–water partition coefficient (Wildman–Crippen LogP) is 6.87. The average molecular weight is 370 g/mol. The molecule has 0 saturated carbocycles. The van der Waals surface area contributed by atoms with Gasteiger partial charge in [0.1, 0.15) is 0 Å². The van der Waals surface area contributed by atoms with Gasteiger partial charge in [-0.15, -0.1) is 0 Å². The van der Waals surface area contributed by atoms with Crippen LogP contribution in [0.1, 0.15) is 37.3 Å². The molecule has 0 amide bonds. The summed E-state index contributed by atoms with van der Waals surface area (Å²) in [6.45, 7) is 2.28. The fourth-order valence-corrected chi connectivity index (χ4v) is 7.91. The lowest BCUT2D eigenvalue weighted by molar-refractivity contribution is 0.827. The van der Waals surface area contributed by atoms with Crippen molar-refractivity contribution in [2.24, 2.45) is 0 Å². The molecule has 3 aromatic carbocycles. The minimum Gasteiger partial charge on any atom is -0.0837 e. The summed E-state index contributed by atoms with van der Waals surface area (Å²) in [5.41, 5.74) is 4.52. The first kappa shape index (κ1) is 18.2. The molecular formula is C26H27P. The molecule has 1 heterocycles. The lowest BCUT2D eigenvalue weighted by Crippen LogP contribution is -2.28. The molecule has 3 aromatic rings. The second kappa shape index (κ2) is 8.24. The number of benzene rings is 3. The Morgan fingerprint density at radius 1 is 0.778 bits per heavy atom. The third-order valence-corrected chi connectivity index (χ3v) is 8.81. The Hall–Kier alpha value is -2.17. The van der Waals surface area contributed by atoms with Crippen molar-refractivity contribution in [2.45, 2.75) is 31.3 Å². The first-order valence-corrected chi connectivity index (χ1v) is 11.5. The maximum atomic E-state index is 2.55. The molecule has 1 heteroatoms. The van der Waals surface area contributed by atoms with Crippen LogP contribution in [0, 0.1) is 0 Å². The van der Waals surface area contributed by atoms with E-state index in [1.165, 1.54) is 35.4 Å². The molecule has 0 aliphatic carbocycles. The van der Waals surface area contributed by atoms with Crippen molar-refractivity contribution in [3.63, 3.8) is 0 Å². The summed E-state index contributed by atoms with van der Waals surface area (Å²) in [5, 5.41) is 1.51. The molecule has 0 bridgehead atoms. The molecule has 0 aromatic heterocycles. The molecule has 1 atom stereocenters. The molecular weight excluding hydrogens is 343 g/mol. The summed E-state index contributed by atoms with van der Waals surface area (Å²) >= 11 is 0. The van der Waals surface area contributed by atoms with E-state index in [-0.39, 0.29) is 13.1 Å². The Balaban J connectivity index is 2.00. The first-order chi connectivity index (χ1) is 13.4. The van der Waals surface area contributed by atoms with Crippen LogP contribution in [0.25, 0.3) is 0 Å². The van der Waals surface area contributed by atoms with Gasteiger partial charge >= 0.3 is 0 Å². The van der Waals surface area contributed by atoms with Gasteiger partial charge in [-0.25, -0.2) is 0 Å². The van der Waals surface area contributed by atoms with Gasteiger partial charge in [0.2, 0.25) is 0 Å². The van der Waals surface area contributed by atoms with E-state index in [1.54, 1.807) is 5.57 Å². The van der Waals surface area contributed by atoms with Crippen LogP contribution >= 0.6 is 7.92 Å². The van der Waals surface area contributed by atoms with Gasteiger partial charge in [0.15, 0.2) is 0 Å². The van der Waals surface area contributed by atoms with Crippen molar-refractivity contribution in [3.05, 3.63) is 114 Å². The zero-order valence-corrected chi connectivity index (χ0v) is 16.9. The van der Waals surface area contributed by atoms with Gasteiger partial charge in [0.05, 0.1) is 5.16 Å². The minimum atomic E-state index is -0.365. The van der Waals surface area contributed by atoms with E-state index >= 15 is 0 Å². The van der Waals surface area contributed by atoms with Crippen LogP contribution < -0.4 is 5.30 Å². The van der Waals surface area contributed by atoms with Gasteiger partial charge in [-0.05, 0) is 35.4 Å². The predicted molar refractivity (Wildman–Crippen MR) is 119 cm³/mol. The maximum Gasteiger partial charge on any atom is 0.0650 e. The zero-order valence-electron chi connectivity index (χ0n) is 16.0. The fraction of sp³-hybridized carbons (Fsp3) is 0.231. The summed E-state index contributed by atoms with van der Waals surface area (Å²) < 4.78 is 0. The van der Waals surface area contributed by atoms with Crippen molar-refractivity contribution in [3.8, 4) is 0 Å². The molecule has 1 aliphatic heterocycles. The van der Waals surface area contributed by atoms with Crippen LogP contribution in [0.2, 0.25) is 0 Å². The van der Waals surface area contributed by atoms with E-state index in [1.807, 2.05) is 0 Å². The van der Waals surface area contributed by atoms with E-state index in [9.17, 15) is 0 Å². The topological polar surface area (TPSA) is 0 Å². The Bertz CT molecular complexity index is 842. The van der Waals surface area contributed by atoms with Crippen molar-refractivity contribution in [1.29, 1.82) is 0 Å². The normalized spacial score (nSPS) is 20.0. The first-order valence-electron chi connectivity index (χ1n) is 10.0.